The maximum Gasteiger partial charge on any atom is 0.253 e. The number of amides is 1. The first-order valence-electron chi connectivity index (χ1n) is 10.2. The summed E-state index contributed by atoms with van der Waals surface area (Å²) in [4.78, 5) is 16.5. The Morgan fingerprint density at radius 2 is 2.03 bits per heavy atom. The molecule has 1 heterocycles. The van der Waals surface area contributed by atoms with Crippen molar-refractivity contribution in [3.8, 4) is 5.75 Å². The maximum absolute atomic E-state index is 12.2. The van der Waals surface area contributed by atoms with Crippen molar-refractivity contribution in [2.75, 3.05) is 26.1 Å². The lowest BCUT2D eigenvalue weighted by atomic mass is 10.1. The highest BCUT2D eigenvalue weighted by Crippen LogP contribution is 2.19. The van der Waals surface area contributed by atoms with E-state index in [9.17, 15) is 4.79 Å². The number of rotatable bonds is 7. The second-order valence-electron chi connectivity index (χ2n) is 7.29. The zero-order valence-electron chi connectivity index (χ0n) is 17.8. The summed E-state index contributed by atoms with van der Waals surface area (Å²) in [6.45, 7) is 3.87. The highest BCUT2D eigenvalue weighted by molar-refractivity contribution is 5.94. The van der Waals surface area contributed by atoms with E-state index < -0.39 is 0 Å². The van der Waals surface area contributed by atoms with Crippen LogP contribution in [0.25, 0.3) is 0 Å². The Balaban J connectivity index is 1.53. The van der Waals surface area contributed by atoms with Gasteiger partial charge in [-0.2, -0.15) is 0 Å². The van der Waals surface area contributed by atoms with E-state index in [-0.39, 0.29) is 12.0 Å². The molecule has 0 radical (unpaired) electrons. The number of benzene rings is 2. The van der Waals surface area contributed by atoms with E-state index in [0.717, 1.165) is 41.0 Å². The van der Waals surface area contributed by atoms with Crippen LogP contribution >= 0.6 is 0 Å². The summed E-state index contributed by atoms with van der Waals surface area (Å²) in [5.41, 5.74) is 4.02. The first-order valence-corrected chi connectivity index (χ1v) is 10.2. The van der Waals surface area contributed by atoms with Gasteiger partial charge in [0.1, 0.15) is 11.9 Å². The number of hydrogen-bond donors (Lipinski definition) is 3. The van der Waals surface area contributed by atoms with Crippen molar-refractivity contribution in [3.05, 3.63) is 59.2 Å². The van der Waals surface area contributed by atoms with Crippen molar-refractivity contribution in [1.82, 2.24) is 10.6 Å². The molecule has 0 bridgehead atoms. The number of aryl methyl sites for hydroxylation is 1. The molecule has 2 aromatic carbocycles. The van der Waals surface area contributed by atoms with Crippen LogP contribution < -0.4 is 20.7 Å². The number of methoxy groups -OCH3 is 1. The van der Waals surface area contributed by atoms with E-state index in [1.807, 2.05) is 37.3 Å². The SMILES string of the molecule is CN=C(NCc1cccc(NC(=O)C2CCCO2)c1)NCc1ccc(C)cc1OC. The van der Waals surface area contributed by atoms with E-state index in [4.69, 9.17) is 9.47 Å². The Kier molecular flexibility index (Phi) is 7.68. The van der Waals surface area contributed by atoms with E-state index in [1.165, 1.54) is 0 Å². The molecule has 2 aromatic rings. The summed E-state index contributed by atoms with van der Waals surface area (Å²) in [6.07, 6.45) is 1.37. The van der Waals surface area contributed by atoms with E-state index in [0.29, 0.717) is 25.7 Å². The van der Waals surface area contributed by atoms with Gasteiger partial charge in [0.05, 0.1) is 7.11 Å². The first kappa shape index (κ1) is 21.6. The number of aliphatic imine (C=N–C) groups is 1. The summed E-state index contributed by atoms with van der Waals surface area (Å²) in [7, 11) is 3.41. The Labute approximate surface area is 177 Å². The van der Waals surface area contributed by atoms with Crippen LogP contribution in [0.15, 0.2) is 47.5 Å². The number of anilines is 1. The van der Waals surface area contributed by atoms with Gasteiger partial charge in [0.15, 0.2) is 5.96 Å². The molecule has 1 aliphatic rings. The summed E-state index contributed by atoms with van der Waals surface area (Å²) >= 11 is 0. The van der Waals surface area contributed by atoms with Crippen molar-refractivity contribution in [2.24, 2.45) is 4.99 Å². The van der Waals surface area contributed by atoms with Gasteiger partial charge in [-0.15, -0.1) is 0 Å². The van der Waals surface area contributed by atoms with Gasteiger partial charge in [0.25, 0.3) is 5.91 Å². The minimum Gasteiger partial charge on any atom is -0.496 e. The third kappa shape index (κ3) is 5.97. The summed E-state index contributed by atoms with van der Waals surface area (Å²) < 4.78 is 10.9. The molecule has 0 saturated carbocycles. The standard InChI is InChI=1S/C23H30N4O3/c1-16-9-10-18(21(12-16)29-3)15-26-23(24-2)25-14-17-6-4-7-19(13-17)27-22(28)20-8-5-11-30-20/h4,6-7,9-10,12-13,20H,5,8,11,14-15H2,1-3H3,(H,27,28)(H2,24,25,26). The zero-order valence-corrected chi connectivity index (χ0v) is 17.8. The van der Waals surface area contributed by atoms with Gasteiger partial charge in [-0.1, -0.05) is 24.3 Å². The lowest BCUT2D eigenvalue weighted by Gasteiger charge is -2.15. The predicted octanol–water partition coefficient (Wildman–Crippen LogP) is 2.99. The molecule has 0 spiro atoms. The Bertz CT molecular complexity index is 892. The van der Waals surface area contributed by atoms with Gasteiger partial charge in [0.2, 0.25) is 0 Å². The second kappa shape index (κ2) is 10.6. The first-order chi connectivity index (χ1) is 14.6. The van der Waals surface area contributed by atoms with Crippen LogP contribution in [0.2, 0.25) is 0 Å². The Hall–Kier alpha value is -3.06. The summed E-state index contributed by atoms with van der Waals surface area (Å²) in [5, 5.41) is 9.55. The quantitative estimate of drug-likeness (QED) is 0.483. The van der Waals surface area contributed by atoms with Crippen molar-refractivity contribution in [2.45, 2.75) is 39.0 Å². The number of nitrogens with one attached hydrogen (secondary N) is 3. The minimum atomic E-state index is -0.339. The van der Waals surface area contributed by atoms with Crippen LogP contribution in [0.4, 0.5) is 5.69 Å². The maximum atomic E-state index is 12.2. The molecular formula is C23H30N4O3. The van der Waals surface area contributed by atoms with Crippen LogP contribution in [-0.2, 0) is 22.6 Å². The van der Waals surface area contributed by atoms with E-state index in [2.05, 4.69) is 33.1 Å². The molecule has 7 heteroatoms. The van der Waals surface area contributed by atoms with Gasteiger partial charge in [0, 0.05) is 38.0 Å². The van der Waals surface area contributed by atoms with Gasteiger partial charge < -0.3 is 25.4 Å². The average Bonchev–Trinajstić information content (AvgIpc) is 3.30. The predicted molar refractivity (Wildman–Crippen MR) is 119 cm³/mol. The smallest absolute Gasteiger partial charge is 0.253 e. The molecule has 7 nitrogen and oxygen atoms in total. The highest BCUT2D eigenvalue weighted by atomic mass is 16.5. The fourth-order valence-corrected chi connectivity index (χ4v) is 3.35. The summed E-state index contributed by atoms with van der Waals surface area (Å²) in [6, 6.07) is 13.9. The number of hydrogen-bond acceptors (Lipinski definition) is 4. The molecule has 0 aliphatic carbocycles. The van der Waals surface area contributed by atoms with E-state index in [1.54, 1.807) is 14.2 Å². The van der Waals surface area contributed by atoms with Crippen LogP contribution in [0.5, 0.6) is 5.75 Å². The topological polar surface area (TPSA) is 84.0 Å². The van der Waals surface area contributed by atoms with Crippen molar-refractivity contribution < 1.29 is 14.3 Å². The van der Waals surface area contributed by atoms with Crippen LogP contribution in [0.3, 0.4) is 0 Å². The molecular weight excluding hydrogens is 380 g/mol. The molecule has 1 unspecified atom stereocenters. The van der Waals surface area contributed by atoms with Crippen molar-refractivity contribution in [1.29, 1.82) is 0 Å². The Morgan fingerprint density at radius 3 is 2.77 bits per heavy atom. The molecule has 1 amide bonds. The molecule has 30 heavy (non-hydrogen) atoms. The normalized spacial score (nSPS) is 16.2. The molecule has 3 N–H and O–H groups in total. The number of carbonyl (C=O) groups excluding carboxylic acids is 1. The third-order valence-electron chi connectivity index (χ3n) is 4.99. The minimum absolute atomic E-state index is 0.0814. The number of ether oxygens (including phenoxy) is 2. The van der Waals surface area contributed by atoms with Crippen molar-refractivity contribution in [3.63, 3.8) is 0 Å². The van der Waals surface area contributed by atoms with Gasteiger partial charge in [-0.05, 0) is 49.1 Å². The van der Waals surface area contributed by atoms with Crippen LogP contribution in [-0.4, -0.2) is 38.7 Å². The molecule has 0 aromatic heterocycles. The van der Waals surface area contributed by atoms with Crippen LogP contribution in [0, 0.1) is 6.92 Å². The van der Waals surface area contributed by atoms with E-state index >= 15 is 0 Å². The fraction of sp³-hybridized carbons (Fsp3) is 0.391. The average molecular weight is 411 g/mol. The second-order valence-corrected chi connectivity index (χ2v) is 7.29. The molecule has 160 valence electrons. The fourth-order valence-electron chi connectivity index (χ4n) is 3.35. The Morgan fingerprint density at radius 1 is 1.20 bits per heavy atom. The molecule has 3 rings (SSSR count). The largest absolute Gasteiger partial charge is 0.496 e. The van der Waals surface area contributed by atoms with Gasteiger partial charge in [-0.3, -0.25) is 9.79 Å². The van der Waals surface area contributed by atoms with Gasteiger partial charge in [-0.25, -0.2) is 0 Å². The van der Waals surface area contributed by atoms with Crippen molar-refractivity contribution >= 4 is 17.6 Å². The lowest BCUT2D eigenvalue weighted by molar-refractivity contribution is -0.124. The number of nitrogens with zero attached hydrogens (tertiary/aromatic N) is 1. The third-order valence-corrected chi connectivity index (χ3v) is 4.99. The highest BCUT2D eigenvalue weighted by Gasteiger charge is 2.23. The summed E-state index contributed by atoms with van der Waals surface area (Å²) in [5.74, 6) is 1.46. The van der Waals surface area contributed by atoms with Gasteiger partial charge >= 0.3 is 0 Å². The molecule has 1 aliphatic heterocycles. The molecule has 1 saturated heterocycles. The zero-order chi connectivity index (χ0) is 21.3. The number of guanidine groups is 1. The monoisotopic (exact) mass is 410 g/mol. The molecule has 1 atom stereocenters. The lowest BCUT2D eigenvalue weighted by Crippen LogP contribution is -2.36. The number of carbonyl (C=O) groups is 1. The molecule has 1 fully saturated rings. The van der Waals surface area contributed by atoms with Crippen LogP contribution in [0.1, 0.15) is 29.5 Å².